The number of carbonyl (C=O) groups excluding carboxylic acids is 2. The van der Waals surface area contributed by atoms with E-state index in [2.05, 4.69) is 15.9 Å². The molecule has 0 aromatic rings. The highest BCUT2D eigenvalue weighted by Crippen LogP contribution is 2.31. The molecule has 0 atom stereocenters. The van der Waals surface area contributed by atoms with Crippen LogP contribution in [0.2, 0.25) is 0 Å². The van der Waals surface area contributed by atoms with E-state index in [4.69, 9.17) is 0 Å². The van der Waals surface area contributed by atoms with Crippen molar-refractivity contribution in [3.63, 3.8) is 0 Å². The Hall–Kier alpha value is -0.740. The molecule has 0 radical (unpaired) electrons. The van der Waals surface area contributed by atoms with E-state index in [0.717, 1.165) is 0 Å². The van der Waals surface area contributed by atoms with Crippen molar-refractivity contribution in [1.82, 2.24) is 0 Å². The van der Waals surface area contributed by atoms with Crippen molar-refractivity contribution in [3.8, 4) is 0 Å². The molecule has 0 bridgehead atoms. The number of Topliss-reactive ketones (excluding diaryl/α,β-unsaturated/α-hetero) is 2. The van der Waals surface area contributed by atoms with Gasteiger partial charge in [-0.25, -0.2) is 0 Å². The number of aliphatic hydroxyl groups is 1. The average Bonchev–Trinajstić information content (AvgIpc) is 2.22. The maximum atomic E-state index is 12.0. The van der Waals surface area contributed by atoms with Gasteiger partial charge in [-0.05, 0) is 56.5 Å². The minimum Gasteiger partial charge on any atom is -0.390 e. The lowest BCUT2D eigenvalue weighted by Crippen LogP contribution is -2.23. The Morgan fingerprint density at radius 1 is 1.12 bits per heavy atom. The molecule has 0 aliphatic heterocycles. The predicted octanol–water partition coefficient (Wildman–Crippen LogP) is 2.67. The van der Waals surface area contributed by atoms with Crippen LogP contribution in [0.5, 0.6) is 0 Å². The highest BCUT2D eigenvalue weighted by molar-refractivity contribution is 9.12. The van der Waals surface area contributed by atoms with E-state index in [-0.39, 0.29) is 11.6 Å². The maximum Gasteiger partial charge on any atom is 0.196 e. The first-order valence-corrected chi connectivity index (χ1v) is 6.32. The third-order valence-corrected chi connectivity index (χ3v) is 3.81. The lowest BCUT2D eigenvalue weighted by molar-refractivity contribution is -0.116. The van der Waals surface area contributed by atoms with Gasteiger partial charge in [-0.2, -0.15) is 0 Å². The molecule has 0 spiro atoms. The second kappa shape index (κ2) is 4.86. The van der Waals surface area contributed by atoms with Gasteiger partial charge in [0.05, 0.1) is 10.1 Å². The van der Waals surface area contributed by atoms with E-state index >= 15 is 0 Å². The molecule has 94 valence electrons. The van der Waals surface area contributed by atoms with Crippen LogP contribution >= 0.6 is 15.9 Å². The van der Waals surface area contributed by atoms with Crippen LogP contribution < -0.4 is 0 Å². The highest BCUT2D eigenvalue weighted by atomic mass is 79.9. The zero-order chi connectivity index (χ0) is 13.4. The summed E-state index contributed by atoms with van der Waals surface area (Å²) in [5.41, 5.74) is 0.631. The standard InChI is InChI=1S/C13H17BrO3/c1-7-8(2)12(16)10(14)9(11(7)15)5-6-13(3,4)17/h17H,5-6H2,1-4H3. The SMILES string of the molecule is CC1=C(C)C(=O)C(CCC(C)(C)O)=C(Br)C1=O. The molecule has 0 heterocycles. The summed E-state index contributed by atoms with van der Waals surface area (Å²) < 4.78 is 0.342. The maximum absolute atomic E-state index is 12.0. The summed E-state index contributed by atoms with van der Waals surface area (Å²) in [7, 11) is 0. The van der Waals surface area contributed by atoms with Gasteiger partial charge in [0.25, 0.3) is 0 Å². The van der Waals surface area contributed by atoms with E-state index in [1.54, 1.807) is 27.7 Å². The van der Waals surface area contributed by atoms with Gasteiger partial charge in [-0.3, -0.25) is 9.59 Å². The molecular formula is C13H17BrO3. The van der Waals surface area contributed by atoms with Gasteiger partial charge in [0, 0.05) is 16.7 Å². The molecular weight excluding hydrogens is 284 g/mol. The van der Waals surface area contributed by atoms with Gasteiger partial charge in [-0.1, -0.05) is 0 Å². The fourth-order valence-electron chi connectivity index (χ4n) is 1.62. The van der Waals surface area contributed by atoms with Crippen LogP contribution in [0, 0.1) is 0 Å². The van der Waals surface area contributed by atoms with Gasteiger partial charge < -0.3 is 5.11 Å². The Bertz CT molecular complexity index is 436. The third kappa shape index (κ3) is 3.13. The molecule has 1 N–H and O–H groups in total. The zero-order valence-electron chi connectivity index (χ0n) is 10.6. The minimum atomic E-state index is -0.840. The average molecular weight is 301 g/mol. The van der Waals surface area contributed by atoms with Crippen molar-refractivity contribution in [2.45, 2.75) is 46.1 Å². The van der Waals surface area contributed by atoms with Crippen LogP contribution in [-0.4, -0.2) is 22.3 Å². The Morgan fingerprint density at radius 3 is 2.06 bits per heavy atom. The largest absolute Gasteiger partial charge is 0.390 e. The summed E-state index contributed by atoms with van der Waals surface area (Å²) in [6.07, 6.45) is 0.849. The minimum absolute atomic E-state index is 0.0989. The lowest BCUT2D eigenvalue weighted by Gasteiger charge is -2.21. The van der Waals surface area contributed by atoms with Crippen LogP contribution in [0.15, 0.2) is 21.2 Å². The van der Waals surface area contributed by atoms with Gasteiger partial charge in [0.1, 0.15) is 0 Å². The second-order valence-electron chi connectivity index (χ2n) is 5.01. The molecule has 17 heavy (non-hydrogen) atoms. The van der Waals surface area contributed by atoms with Gasteiger partial charge in [-0.15, -0.1) is 0 Å². The van der Waals surface area contributed by atoms with E-state index < -0.39 is 5.60 Å². The predicted molar refractivity (Wildman–Crippen MR) is 69.9 cm³/mol. The van der Waals surface area contributed by atoms with E-state index in [0.29, 0.717) is 34.0 Å². The second-order valence-corrected chi connectivity index (χ2v) is 5.81. The summed E-state index contributed by atoms with van der Waals surface area (Å²) >= 11 is 3.19. The number of rotatable bonds is 3. The quantitative estimate of drug-likeness (QED) is 0.815. The monoisotopic (exact) mass is 300 g/mol. The summed E-state index contributed by atoms with van der Waals surface area (Å²) in [5, 5.41) is 9.66. The zero-order valence-corrected chi connectivity index (χ0v) is 12.1. The number of carbonyl (C=O) groups is 2. The van der Waals surface area contributed by atoms with Crippen LogP contribution in [0.3, 0.4) is 0 Å². The smallest absolute Gasteiger partial charge is 0.196 e. The van der Waals surface area contributed by atoms with E-state index in [1.807, 2.05) is 0 Å². The fraction of sp³-hybridized carbons (Fsp3) is 0.538. The van der Waals surface area contributed by atoms with E-state index in [1.165, 1.54) is 0 Å². The lowest BCUT2D eigenvalue weighted by atomic mass is 9.87. The molecule has 1 aliphatic carbocycles. The molecule has 0 saturated carbocycles. The van der Waals surface area contributed by atoms with Crippen molar-refractivity contribution in [3.05, 3.63) is 21.2 Å². The fourth-order valence-corrected chi connectivity index (χ4v) is 2.30. The summed E-state index contributed by atoms with van der Waals surface area (Å²) in [6, 6.07) is 0. The van der Waals surface area contributed by atoms with Gasteiger partial charge in [0.15, 0.2) is 11.6 Å². The summed E-state index contributed by atoms with van der Waals surface area (Å²) in [4.78, 5) is 23.9. The highest BCUT2D eigenvalue weighted by Gasteiger charge is 2.29. The Morgan fingerprint density at radius 2 is 1.59 bits per heavy atom. The molecule has 3 nitrogen and oxygen atoms in total. The molecule has 1 rings (SSSR count). The number of ketones is 2. The van der Waals surface area contributed by atoms with Gasteiger partial charge in [0.2, 0.25) is 0 Å². The van der Waals surface area contributed by atoms with Crippen molar-refractivity contribution in [1.29, 1.82) is 0 Å². The molecule has 1 aliphatic rings. The number of hydrogen-bond acceptors (Lipinski definition) is 3. The molecule has 0 amide bonds. The van der Waals surface area contributed by atoms with Crippen molar-refractivity contribution >= 4 is 27.5 Å². The third-order valence-electron chi connectivity index (χ3n) is 2.97. The summed E-state index contributed by atoms with van der Waals surface area (Å²) in [5.74, 6) is -0.230. The first-order valence-electron chi connectivity index (χ1n) is 5.53. The topological polar surface area (TPSA) is 54.4 Å². The molecule has 0 unspecified atom stereocenters. The van der Waals surface area contributed by atoms with Crippen LogP contribution in [0.25, 0.3) is 0 Å². The molecule has 4 heteroatoms. The van der Waals surface area contributed by atoms with Crippen LogP contribution in [-0.2, 0) is 9.59 Å². The molecule has 0 fully saturated rings. The first-order chi connectivity index (χ1) is 7.65. The Kier molecular flexibility index (Phi) is 4.10. The Balaban J connectivity index is 3.00. The normalized spacial score (nSPS) is 18.2. The Labute approximate surface area is 110 Å². The molecule has 0 aromatic carbocycles. The molecule has 0 aromatic heterocycles. The van der Waals surface area contributed by atoms with E-state index in [9.17, 15) is 14.7 Å². The van der Waals surface area contributed by atoms with Crippen molar-refractivity contribution in [2.24, 2.45) is 0 Å². The summed E-state index contributed by atoms with van der Waals surface area (Å²) in [6.45, 7) is 6.69. The van der Waals surface area contributed by atoms with Crippen LogP contribution in [0.1, 0.15) is 40.5 Å². The van der Waals surface area contributed by atoms with Gasteiger partial charge >= 0.3 is 0 Å². The van der Waals surface area contributed by atoms with Crippen LogP contribution in [0.4, 0.5) is 0 Å². The number of allylic oxidation sites excluding steroid dienone is 4. The number of hydrogen-bond donors (Lipinski definition) is 1. The van der Waals surface area contributed by atoms with Crippen molar-refractivity contribution in [2.75, 3.05) is 0 Å². The first kappa shape index (κ1) is 14.3. The number of halogens is 1. The molecule has 0 saturated heterocycles. The van der Waals surface area contributed by atoms with Crippen molar-refractivity contribution < 1.29 is 14.7 Å².